The molecule has 0 radical (unpaired) electrons. The third kappa shape index (κ3) is 2.91. The van der Waals surface area contributed by atoms with E-state index in [0.717, 1.165) is 30.7 Å². The van der Waals surface area contributed by atoms with E-state index in [2.05, 4.69) is 16.0 Å². The van der Waals surface area contributed by atoms with Crippen molar-refractivity contribution >= 4 is 11.7 Å². The van der Waals surface area contributed by atoms with Crippen molar-refractivity contribution in [2.75, 3.05) is 0 Å². The lowest BCUT2D eigenvalue weighted by Crippen LogP contribution is -2.45. The lowest BCUT2D eigenvalue weighted by atomic mass is 10.0. The standard InChI is InChI=1S/C16H21N3O2/c1-16(2,3)21-15(20)19-12-5-6-13(19)10-11(9-12)14-17-7-4-8-18-14/h4,7-9,12-13H,5-6,10H2,1-3H3. The Labute approximate surface area is 125 Å². The van der Waals surface area contributed by atoms with Crippen LogP contribution >= 0.6 is 0 Å². The monoisotopic (exact) mass is 287 g/mol. The van der Waals surface area contributed by atoms with Crippen molar-refractivity contribution in [2.24, 2.45) is 0 Å². The zero-order chi connectivity index (χ0) is 15.0. The molecular formula is C16H21N3O2. The van der Waals surface area contributed by atoms with Gasteiger partial charge >= 0.3 is 6.09 Å². The van der Waals surface area contributed by atoms with E-state index in [1.807, 2.05) is 31.7 Å². The second kappa shape index (κ2) is 5.13. The summed E-state index contributed by atoms with van der Waals surface area (Å²) < 4.78 is 5.53. The molecule has 2 unspecified atom stereocenters. The van der Waals surface area contributed by atoms with Gasteiger partial charge in [0.25, 0.3) is 0 Å². The molecule has 0 spiro atoms. The zero-order valence-electron chi connectivity index (χ0n) is 12.7. The third-order valence-electron chi connectivity index (χ3n) is 3.85. The van der Waals surface area contributed by atoms with Gasteiger partial charge in [0, 0.05) is 18.4 Å². The van der Waals surface area contributed by atoms with Crippen LogP contribution in [0.15, 0.2) is 24.5 Å². The number of ether oxygens (including phenoxy) is 1. The van der Waals surface area contributed by atoms with Crippen LogP contribution in [0.2, 0.25) is 0 Å². The van der Waals surface area contributed by atoms with E-state index in [1.165, 1.54) is 0 Å². The molecule has 2 bridgehead atoms. The van der Waals surface area contributed by atoms with Gasteiger partial charge in [-0.05, 0) is 51.7 Å². The molecule has 1 amide bonds. The number of aromatic nitrogens is 2. The molecule has 21 heavy (non-hydrogen) atoms. The molecule has 1 aromatic heterocycles. The molecule has 2 aliphatic rings. The minimum atomic E-state index is -0.455. The minimum Gasteiger partial charge on any atom is -0.444 e. The molecule has 0 aromatic carbocycles. The topological polar surface area (TPSA) is 55.3 Å². The van der Waals surface area contributed by atoms with Gasteiger partial charge in [-0.1, -0.05) is 6.08 Å². The summed E-state index contributed by atoms with van der Waals surface area (Å²) in [7, 11) is 0. The number of nitrogens with zero attached hydrogens (tertiary/aromatic N) is 3. The molecule has 3 heterocycles. The number of carbonyl (C=O) groups excluding carboxylic acids is 1. The highest BCUT2D eigenvalue weighted by Gasteiger charge is 2.42. The maximum absolute atomic E-state index is 12.4. The van der Waals surface area contributed by atoms with Crippen LogP contribution in [0.5, 0.6) is 0 Å². The van der Waals surface area contributed by atoms with Crippen LogP contribution in [0.1, 0.15) is 45.9 Å². The summed E-state index contributed by atoms with van der Waals surface area (Å²) in [5.74, 6) is 0.776. The maximum Gasteiger partial charge on any atom is 0.411 e. The van der Waals surface area contributed by atoms with Crippen molar-refractivity contribution in [3.8, 4) is 0 Å². The summed E-state index contributed by atoms with van der Waals surface area (Å²) in [6, 6.07) is 2.13. The van der Waals surface area contributed by atoms with E-state index in [0.29, 0.717) is 0 Å². The van der Waals surface area contributed by atoms with Crippen molar-refractivity contribution in [3.63, 3.8) is 0 Å². The molecule has 5 nitrogen and oxygen atoms in total. The quantitative estimate of drug-likeness (QED) is 0.796. The summed E-state index contributed by atoms with van der Waals surface area (Å²) >= 11 is 0. The second-order valence-corrected chi connectivity index (χ2v) is 6.65. The summed E-state index contributed by atoms with van der Waals surface area (Å²) in [6.45, 7) is 5.70. The van der Waals surface area contributed by atoms with Gasteiger partial charge in [-0.25, -0.2) is 14.8 Å². The van der Waals surface area contributed by atoms with Crippen molar-refractivity contribution in [3.05, 3.63) is 30.4 Å². The molecule has 0 saturated carbocycles. The largest absolute Gasteiger partial charge is 0.444 e. The van der Waals surface area contributed by atoms with Gasteiger partial charge in [0.15, 0.2) is 5.82 Å². The Kier molecular flexibility index (Phi) is 3.43. The highest BCUT2D eigenvalue weighted by molar-refractivity contribution is 5.73. The van der Waals surface area contributed by atoms with Crippen LogP contribution in [-0.2, 0) is 4.74 Å². The van der Waals surface area contributed by atoms with Crippen LogP contribution in [0.25, 0.3) is 5.57 Å². The van der Waals surface area contributed by atoms with E-state index in [4.69, 9.17) is 4.74 Å². The highest BCUT2D eigenvalue weighted by atomic mass is 16.6. The second-order valence-electron chi connectivity index (χ2n) is 6.65. The van der Waals surface area contributed by atoms with Crippen LogP contribution in [0, 0.1) is 0 Å². The van der Waals surface area contributed by atoms with Crippen molar-refractivity contribution < 1.29 is 9.53 Å². The molecule has 0 aliphatic carbocycles. The third-order valence-corrected chi connectivity index (χ3v) is 3.85. The summed E-state index contributed by atoms with van der Waals surface area (Å²) in [6.07, 6.45) is 8.23. The van der Waals surface area contributed by atoms with E-state index in [1.54, 1.807) is 12.4 Å². The molecule has 1 fully saturated rings. The van der Waals surface area contributed by atoms with Crippen LogP contribution in [-0.4, -0.2) is 38.6 Å². The fourth-order valence-corrected chi connectivity index (χ4v) is 3.06. The number of amides is 1. The smallest absolute Gasteiger partial charge is 0.411 e. The molecule has 5 heteroatoms. The summed E-state index contributed by atoms with van der Waals surface area (Å²) in [4.78, 5) is 22.9. The molecule has 2 aliphatic heterocycles. The van der Waals surface area contributed by atoms with E-state index >= 15 is 0 Å². The molecule has 112 valence electrons. The molecule has 1 aromatic rings. The number of hydrogen-bond acceptors (Lipinski definition) is 4. The fourth-order valence-electron chi connectivity index (χ4n) is 3.06. The van der Waals surface area contributed by atoms with E-state index in [-0.39, 0.29) is 18.2 Å². The number of hydrogen-bond donors (Lipinski definition) is 0. The maximum atomic E-state index is 12.4. The molecule has 0 N–H and O–H groups in total. The Hall–Kier alpha value is -1.91. The summed E-state index contributed by atoms with van der Waals surface area (Å²) in [5, 5.41) is 0. The number of rotatable bonds is 1. The molecule has 1 saturated heterocycles. The van der Waals surface area contributed by atoms with Gasteiger partial charge in [-0.2, -0.15) is 0 Å². The van der Waals surface area contributed by atoms with Crippen LogP contribution < -0.4 is 0 Å². The van der Waals surface area contributed by atoms with Crippen molar-refractivity contribution in [2.45, 2.75) is 57.7 Å². The normalized spacial score (nSPS) is 24.7. The van der Waals surface area contributed by atoms with E-state index < -0.39 is 5.60 Å². The SMILES string of the molecule is CC(C)(C)OC(=O)N1C2C=C(c3ncccn3)CC1CC2. The highest BCUT2D eigenvalue weighted by Crippen LogP contribution is 2.38. The van der Waals surface area contributed by atoms with Crippen LogP contribution in [0.4, 0.5) is 4.79 Å². The van der Waals surface area contributed by atoms with Gasteiger partial charge in [0.2, 0.25) is 0 Å². The first-order valence-corrected chi connectivity index (χ1v) is 7.43. The molecule has 3 rings (SSSR count). The minimum absolute atomic E-state index is 0.109. The lowest BCUT2D eigenvalue weighted by molar-refractivity contribution is 0.0175. The number of carbonyl (C=O) groups is 1. The average Bonchev–Trinajstić information content (AvgIpc) is 2.69. The Bertz CT molecular complexity index is 563. The zero-order valence-corrected chi connectivity index (χ0v) is 12.7. The van der Waals surface area contributed by atoms with Gasteiger partial charge in [-0.15, -0.1) is 0 Å². The molecule has 2 atom stereocenters. The Morgan fingerprint density at radius 3 is 2.62 bits per heavy atom. The van der Waals surface area contributed by atoms with Gasteiger partial charge in [0.1, 0.15) is 5.60 Å². The van der Waals surface area contributed by atoms with E-state index in [9.17, 15) is 4.79 Å². The fraction of sp³-hybridized carbons (Fsp3) is 0.562. The first-order chi connectivity index (χ1) is 9.94. The first kappa shape index (κ1) is 14.0. The Morgan fingerprint density at radius 2 is 2.00 bits per heavy atom. The van der Waals surface area contributed by atoms with Crippen molar-refractivity contribution in [1.29, 1.82) is 0 Å². The van der Waals surface area contributed by atoms with Gasteiger partial charge in [0.05, 0.1) is 6.04 Å². The van der Waals surface area contributed by atoms with Gasteiger partial charge < -0.3 is 4.74 Å². The lowest BCUT2D eigenvalue weighted by Gasteiger charge is -2.35. The Morgan fingerprint density at radius 1 is 1.29 bits per heavy atom. The van der Waals surface area contributed by atoms with Crippen LogP contribution in [0.3, 0.4) is 0 Å². The predicted octanol–water partition coefficient (Wildman–Crippen LogP) is 3.03. The summed E-state index contributed by atoms with van der Waals surface area (Å²) in [5.41, 5.74) is 0.686. The average molecular weight is 287 g/mol. The predicted molar refractivity (Wildman–Crippen MR) is 79.5 cm³/mol. The van der Waals surface area contributed by atoms with Gasteiger partial charge in [-0.3, -0.25) is 4.90 Å². The number of fused-ring (bicyclic) bond motifs is 2. The Balaban J connectivity index is 1.80. The van der Waals surface area contributed by atoms with Crippen molar-refractivity contribution in [1.82, 2.24) is 14.9 Å². The molecular weight excluding hydrogens is 266 g/mol. The first-order valence-electron chi connectivity index (χ1n) is 7.43.